The number of anilines is 1. The molecule has 0 bridgehead atoms. The number of benzene rings is 1. The van der Waals surface area contributed by atoms with Crippen LogP contribution in [0.5, 0.6) is 0 Å². The SMILES string of the molecule is CCn1c(SCC(=O)Nc2cc(C(=O)OC)cc(C(=O)OC)c2)nnc1-c1cccs1. The van der Waals surface area contributed by atoms with E-state index >= 15 is 0 Å². The van der Waals surface area contributed by atoms with Gasteiger partial charge < -0.3 is 19.4 Å². The number of thiophene rings is 1. The number of rotatable bonds is 8. The van der Waals surface area contributed by atoms with Gasteiger partial charge in [0, 0.05) is 12.2 Å². The summed E-state index contributed by atoms with van der Waals surface area (Å²) >= 11 is 2.81. The average Bonchev–Trinajstić information content (AvgIpc) is 3.45. The second-order valence-corrected chi connectivity index (χ2v) is 8.04. The van der Waals surface area contributed by atoms with Crippen LogP contribution in [0.1, 0.15) is 27.6 Å². The van der Waals surface area contributed by atoms with Gasteiger partial charge in [-0.15, -0.1) is 21.5 Å². The van der Waals surface area contributed by atoms with Gasteiger partial charge in [0.2, 0.25) is 5.91 Å². The molecule has 0 atom stereocenters. The quantitative estimate of drug-likeness (QED) is 0.402. The summed E-state index contributed by atoms with van der Waals surface area (Å²) in [5, 5.41) is 13.7. The van der Waals surface area contributed by atoms with E-state index < -0.39 is 11.9 Å². The summed E-state index contributed by atoms with van der Waals surface area (Å²) in [6.45, 7) is 2.64. The van der Waals surface area contributed by atoms with Crippen LogP contribution in [0.3, 0.4) is 0 Å². The van der Waals surface area contributed by atoms with Gasteiger partial charge in [-0.05, 0) is 36.6 Å². The molecule has 0 saturated carbocycles. The van der Waals surface area contributed by atoms with Crippen molar-refractivity contribution in [2.45, 2.75) is 18.6 Å². The number of aromatic nitrogens is 3. The minimum Gasteiger partial charge on any atom is -0.465 e. The summed E-state index contributed by atoms with van der Waals surface area (Å²) < 4.78 is 11.3. The zero-order chi connectivity index (χ0) is 22.4. The van der Waals surface area contributed by atoms with Crippen molar-refractivity contribution in [2.24, 2.45) is 0 Å². The van der Waals surface area contributed by atoms with Crippen molar-refractivity contribution in [2.75, 3.05) is 25.3 Å². The predicted octanol–water partition coefficient (Wildman–Crippen LogP) is 3.33. The first-order valence-electron chi connectivity index (χ1n) is 9.18. The first-order valence-corrected chi connectivity index (χ1v) is 11.0. The number of esters is 2. The molecule has 2 aromatic heterocycles. The van der Waals surface area contributed by atoms with Gasteiger partial charge in [0.1, 0.15) is 0 Å². The number of methoxy groups -OCH3 is 2. The molecule has 162 valence electrons. The Labute approximate surface area is 186 Å². The van der Waals surface area contributed by atoms with Gasteiger partial charge in [0.25, 0.3) is 0 Å². The zero-order valence-electron chi connectivity index (χ0n) is 17.1. The molecule has 0 radical (unpaired) electrons. The van der Waals surface area contributed by atoms with E-state index in [1.54, 1.807) is 11.3 Å². The highest BCUT2D eigenvalue weighted by Gasteiger charge is 2.17. The highest BCUT2D eigenvalue weighted by atomic mass is 32.2. The maximum absolute atomic E-state index is 12.5. The van der Waals surface area contributed by atoms with Gasteiger partial charge in [-0.25, -0.2) is 9.59 Å². The lowest BCUT2D eigenvalue weighted by Gasteiger charge is -2.10. The van der Waals surface area contributed by atoms with Gasteiger partial charge in [0.15, 0.2) is 11.0 Å². The fourth-order valence-corrected chi connectivity index (χ4v) is 4.29. The fraction of sp³-hybridized carbons (Fsp3) is 0.250. The fourth-order valence-electron chi connectivity index (χ4n) is 2.77. The molecule has 0 unspecified atom stereocenters. The number of hydrogen-bond donors (Lipinski definition) is 1. The van der Waals surface area contributed by atoms with Crippen LogP contribution >= 0.6 is 23.1 Å². The van der Waals surface area contributed by atoms with Crippen molar-refractivity contribution in [1.82, 2.24) is 14.8 Å². The number of amides is 1. The number of carbonyl (C=O) groups is 3. The zero-order valence-corrected chi connectivity index (χ0v) is 18.7. The molecule has 31 heavy (non-hydrogen) atoms. The Bertz CT molecular complexity index is 1060. The molecule has 2 heterocycles. The third-order valence-electron chi connectivity index (χ3n) is 4.17. The number of carbonyl (C=O) groups excluding carboxylic acids is 3. The Hall–Kier alpha value is -3.18. The first kappa shape index (κ1) is 22.5. The highest BCUT2D eigenvalue weighted by Crippen LogP contribution is 2.27. The van der Waals surface area contributed by atoms with Crippen LogP contribution in [0.15, 0.2) is 40.9 Å². The van der Waals surface area contributed by atoms with E-state index in [-0.39, 0.29) is 28.5 Å². The summed E-state index contributed by atoms with van der Waals surface area (Å²) in [5.74, 6) is -0.765. The van der Waals surface area contributed by atoms with Crippen molar-refractivity contribution >= 4 is 46.6 Å². The summed E-state index contributed by atoms with van der Waals surface area (Å²) in [6.07, 6.45) is 0. The second-order valence-electron chi connectivity index (χ2n) is 6.15. The van der Waals surface area contributed by atoms with Crippen LogP contribution in [0.4, 0.5) is 5.69 Å². The maximum atomic E-state index is 12.5. The van der Waals surface area contributed by atoms with Crippen LogP contribution in [-0.4, -0.2) is 52.6 Å². The molecule has 0 spiro atoms. The normalized spacial score (nSPS) is 10.5. The van der Waals surface area contributed by atoms with E-state index in [2.05, 4.69) is 15.5 Å². The minimum absolute atomic E-state index is 0.0680. The van der Waals surface area contributed by atoms with Gasteiger partial charge in [-0.1, -0.05) is 17.8 Å². The van der Waals surface area contributed by atoms with E-state index in [4.69, 9.17) is 9.47 Å². The largest absolute Gasteiger partial charge is 0.465 e. The summed E-state index contributed by atoms with van der Waals surface area (Å²) in [5.41, 5.74) is 0.532. The number of hydrogen-bond acceptors (Lipinski definition) is 9. The number of thioether (sulfide) groups is 1. The molecule has 0 aliphatic heterocycles. The van der Waals surface area contributed by atoms with Crippen molar-refractivity contribution in [3.63, 3.8) is 0 Å². The average molecular weight is 461 g/mol. The topological polar surface area (TPSA) is 112 Å². The van der Waals surface area contributed by atoms with Crippen molar-refractivity contribution in [3.8, 4) is 10.7 Å². The maximum Gasteiger partial charge on any atom is 0.337 e. The van der Waals surface area contributed by atoms with E-state index in [1.807, 2.05) is 29.0 Å². The van der Waals surface area contributed by atoms with Crippen LogP contribution in [0.2, 0.25) is 0 Å². The molecule has 3 rings (SSSR count). The van der Waals surface area contributed by atoms with Crippen molar-refractivity contribution in [1.29, 1.82) is 0 Å². The van der Waals surface area contributed by atoms with E-state index in [9.17, 15) is 14.4 Å². The van der Waals surface area contributed by atoms with E-state index in [0.29, 0.717) is 11.7 Å². The Morgan fingerprint density at radius 1 is 1.10 bits per heavy atom. The molecule has 3 aromatic rings. The summed E-state index contributed by atoms with van der Waals surface area (Å²) in [4.78, 5) is 37.3. The van der Waals surface area contributed by atoms with Crippen molar-refractivity contribution < 1.29 is 23.9 Å². The monoisotopic (exact) mass is 460 g/mol. The smallest absolute Gasteiger partial charge is 0.337 e. The third-order valence-corrected chi connectivity index (χ3v) is 6.00. The lowest BCUT2D eigenvalue weighted by Crippen LogP contribution is -2.16. The van der Waals surface area contributed by atoms with Gasteiger partial charge >= 0.3 is 11.9 Å². The molecular weight excluding hydrogens is 440 g/mol. The van der Waals surface area contributed by atoms with Crippen LogP contribution in [0, 0.1) is 0 Å². The molecule has 0 fully saturated rings. The lowest BCUT2D eigenvalue weighted by atomic mass is 10.1. The molecule has 0 aliphatic carbocycles. The van der Waals surface area contributed by atoms with Gasteiger partial charge in [-0.2, -0.15) is 0 Å². The summed E-state index contributed by atoms with van der Waals surface area (Å²) in [7, 11) is 2.47. The number of ether oxygens (including phenoxy) is 2. The molecule has 11 heteroatoms. The first-order chi connectivity index (χ1) is 15.0. The molecule has 0 aliphatic rings. The molecule has 1 aromatic carbocycles. The third kappa shape index (κ3) is 5.30. The summed E-state index contributed by atoms with van der Waals surface area (Å²) in [6, 6.07) is 8.13. The Balaban J connectivity index is 1.73. The van der Waals surface area contributed by atoms with Gasteiger partial charge in [0.05, 0.1) is 36.0 Å². The predicted molar refractivity (Wildman–Crippen MR) is 117 cm³/mol. The van der Waals surface area contributed by atoms with E-state index in [1.165, 1.54) is 44.2 Å². The van der Waals surface area contributed by atoms with Crippen LogP contribution in [0.25, 0.3) is 10.7 Å². The lowest BCUT2D eigenvalue weighted by molar-refractivity contribution is -0.113. The van der Waals surface area contributed by atoms with Crippen LogP contribution < -0.4 is 5.32 Å². The minimum atomic E-state index is -0.632. The molecular formula is C20H20N4O5S2. The molecule has 1 amide bonds. The van der Waals surface area contributed by atoms with Gasteiger partial charge in [-0.3, -0.25) is 4.79 Å². The highest BCUT2D eigenvalue weighted by molar-refractivity contribution is 7.99. The molecule has 0 saturated heterocycles. The standard InChI is InChI=1S/C20H20N4O5S2/c1-4-24-17(15-6-5-7-30-15)22-23-20(24)31-11-16(25)21-14-9-12(18(26)28-2)8-13(10-14)19(27)29-3/h5-10H,4,11H2,1-3H3,(H,21,25). The Morgan fingerprint density at radius 2 is 1.77 bits per heavy atom. The second kappa shape index (κ2) is 10.2. The molecule has 9 nitrogen and oxygen atoms in total. The van der Waals surface area contributed by atoms with Crippen molar-refractivity contribution in [3.05, 3.63) is 46.8 Å². The number of nitrogens with one attached hydrogen (secondary N) is 1. The Morgan fingerprint density at radius 3 is 2.32 bits per heavy atom. The Kier molecular flexibility index (Phi) is 7.42. The number of nitrogens with zero attached hydrogens (tertiary/aromatic N) is 3. The van der Waals surface area contributed by atoms with Crippen LogP contribution in [-0.2, 0) is 20.8 Å². The van der Waals surface area contributed by atoms with E-state index in [0.717, 1.165) is 10.7 Å². The molecule has 1 N–H and O–H groups in total.